The normalized spacial score (nSPS) is 10.5. The van der Waals surface area contributed by atoms with E-state index in [1.807, 2.05) is 0 Å². The Bertz CT molecular complexity index is 473. The van der Waals surface area contributed by atoms with Crippen molar-refractivity contribution in [3.63, 3.8) is 0 Å². The molecule has 43 heavy (non-hydrogen) atoms. The number of rotatable bonds is 32. The highest BCUT2D eigenvalue weighted by atomic mass is 16.1. The Morgan fingerprint density at radius 3 is 0.605 bits per heavy atom. The maximum absolute atomic E-state index is 10.6. The van der Waals surface area contributed by atoms with Gasteiger partial charge >= 0.3 is 0 Å². The molecule has 6 nitrogen and oxygen atoms in total. The van der Waals surface area contributed by atoms with Gasteiger partial charge in [0.1, 0.15) is 0 Å². The number of unbranched alkanes of at least 4 members (excludes halogenated alkanes) is 28. The first-order valence-electron chi connectivity index (χ1n) is 18.9. The molecule has 0 bridgehead atoms. The number of amides is 2. The molecule has 0 aliphatic rings. The van der Waals surface area contributed by atoms with Crippen LogP contribution in [-0.2, 0) is 9.59 Å². The summed E-state index contributed by atoms with van der Waals surface area (Å²) in [6.45, 7) is 4.80. The average molecular weight is 613 g/mol. The van der Waals surface area contributed by atoms with Crippen LogP contribution in [0.5, 0.6) is 0 Å². The molecule has 0 aromatic heterocycles. The van der Waals surface area contributed by atoms with E-state index in [4.69, 9.17) is 11.5 Å². The molecule has 0 rings (SSSR count). The van der Waals surface area contributed by atoms with E-state index in [0.717, 1.165) is 12.8 Å². The number of primary amides is 2. The molecular weight excluding hydrogens is 532 g/mol. The van der Waals surface area contributed by atoms with Crippen molar-refractivity contribution in [2.75, 3.05) is 6.67 Å². The Morgan fingerprint density at radius 2 is 0.465 bits per heavy atom. The van der Waals surface area contributed by atoms with E-state index in [9.17, 15) is 9.59 Å². The zero-order valence-corrected chi connectivity index (χ0v) is 29.5. The third kappa shape index (κ3) is 57.1. The fraction of sp³-hybridized carbons (Fsp3) is 0.946. The first kappa shape index (κ1) is 46.3. The number of nitrogens with two attached hydrogens (primary N) is 4. The molecule has 0 aliphatic heterocycles. The van der Waals surface area contributed by atoms with Crippen molar-refractivity contribution in [2.45, 2.75) is 219 Å². The molecule has 6 heteroatoms. The second-order valence-corrected chi connectivity index (χ2v) is 12.6. The SMILES string of the molecule is CCCCCCCCCCCCCCCCCC(N)=O.CCCCCCCCCCCCCCCCCC(N)=O.NCN. The lowest BCUT2D eigenvalue weighted by Gasteiger charge is -2.03. The molecule has 260 valence electrons. The highest BCUT2D eigenvalue weighted by Crippen LogP contribution is 2.15. The van der Waals surface area contributed by atoms with E-state index in [1.54, 1.807) is 0 Å². The third-order valence-corrected chi connectivity index (χ3v) is 8.05. The molecule has 0 fully saturated rings. The van der Waals surface area contributed by atoms with Gasteiger partial charge in [0.15, 0.2) is 0 Å². The second-order valence-electron chi connectivity index (χ2n) is 12.6. The largest absolute Gasteiger partial charge is 0.370 e. The number of carbonyl (C=O) groups excluding carboxylic acids is 2. The highest BCUT2D eigenvalue weighted by molar-refractivity contribution is 5.73. The van der Waals surface area contributed by atoms with Gasteiger partial charge < -0.3 is 22.9 Å². The minimum atomic E-state index is -0.153. The molecule has 0 spiro atoms. The van der Waals surface area contributed by atoms with Crippen LogP contribution in [0.4, 0.5) is 0 Å². The smallest absolute Gasteiger partial charge is 0.217 e. The monoisotopic (exact) mass is 613 g/mol. The first-order chi connectivity index (χ1) is 21.0. The lowest BCUT2D eigenvalue weighted by atomic mass is 10.0. The number of hydrogen-bond donors (Lipinski definition) is 4. The van der Waals surface area contributed by atoms with Gasteiger partial charge in [0.05, 0.1) is 0 Å². The summed E-state index contributed by atoms with van der Waals surface area (Å²) >= 11 is 0. The molecular formula is C37H80N4O2. The lowest BCUT2D eigenvalue weighted by Crippen LogP contribution is -2.09. The van der Waals surface area contributed by atoms with E-state index in [0.29, 0.717) is 12.8 Å². The van der Waals surface area contributed by atoms with Crippen LogP contribution in [0.15, 0.2) is 0 Å². The number of carbonyl (C=O) groups is 2. The third-order valence-electron chi connectivity index (χ3n) is 8.05. The summed E-state index contributed by atoms with van der Waals surface area (Å²) in [5, 5.41) is 0. The first-order valence-corrected chi connectivity index (χ1v) is 18.9. The van der Waals surface area contributed by atoms with E-state index in [-0.39, 0.29) is 18.5 Å². The van der Waals surface area contributed by atoms with Crippen molar-refractivity contribution >= 4 is 11.8 Å². The van der Waals surface area contributed by atoms with Crippen LogP contribution in [-0.4, -0.2) is 18.5 Å². The van der Waals surface area contributed by atoms with E-state index in [2.05, 4.69) is 25.3 Å². The minimum absolute atomic E-state index is 0.153. The Morgan fingerprint density at radius 1 is 0.326 bits per heavy atom. The van der Waals surface area contributed by atoms with E-state index >= 15 is 0 Å². The van der Waals surface area contributed by atoms with E-state index < -0.39 is 0 Å². The second kappa shape index (κ2) is 45.3. The lowest BCUT2D eigenvalue weighted by molar-refractivity contribution is -0.119. The molecule has 0 saturated heterocycles. The van der Waals surface area contributed by atoms with Crippen molar-refractivity contribution < 1.29 is 9.59 Å². The van der Waals surface area contributed by atoms with Crippen LogP contribution in [0.1, 0.15) is 219 Å². The van der Waals surface area contributed by atoms with Crippen LogP contribution in [0.25, 0.3) is 0 Å². The molecule has 0 atom stereocenters. The Balaban J connectivity index is -0.000000681. The standard InChI is InChI=1S/2C18H37NO.CH6N2/c2*1-2-3-4-5-6-7-8-9-10-11-12-13-14-15-16-17-18(19)20;2-1-3/h2*2-17H2,1H3,(H2,19,20);1-3H2. The summed E-state index contributed by atoms with van der Waals surface area (Å²) in [5.41, 5.74) is 19.5. The number of hydrogen-bond acceptors (Lipinski definition) is 4. The summed E-state index contributed by atoms with van der Waals surface area (Å²) in [7, 11) is 0. The quantitative estimate of drug-likeness (QED) is 0.0443. The molecule has 0 unspecified atom stereocenters. The summed E-state index contributed by atoms with van der Waals surface area (Å²) in [5.74, 6) is -0.306. The molecule has 0 aliphatic carbocycles. The molecule has 0 aromatic carbocycles. The fourth-order valence-corrected chi connectivity index (χ4v) is 5.34. The van der Waals surface area contributed by atoms with Crippen molar-refractivity contribution in [3.8, 4) is 0 Å². The van der Waals surface area contributed by atoms with Crippen LogP contribution >= 0.6 is 0 Å². The van der Waals surface area contributed by atoms with Crippen molar-refractivity contribution in [1.29, 1.82) is 0 Å². The highest BCUT2D eigenvalue weighted by Gasteiger charge is 1.97. The van der Waals surface area contributed by atoms with Gasteiger partial charge in [0.2, 0.25) is 11.8 Å². The van der Waals surface area contributed by atoms with Gasteiger partial charge in [-0.1, -0.05) is 194 Å². The average Bonchev–Trinajstić information content (AvgIpc) is 2.97. The van der Waals surface area contributed by atoms with Crippen LogP contribution in [0, 0.1) is 0 Å². The summed E-state index contributed by atoms with van der Waals surface area (Å²) < 4.78 is 0. The minimum Gasteiger partial charge on any atom is -0.370 e. The van der Waals surface area contributed by atoms with Crippen LogP contribution < -0.4 is 22.9 Å². The summed E-state index contributed by atoms with van der Waals surface area (Å²) in [4.78, 5) is 21.1. The van der Waals surface area contributed by atoms with Crippen molar-refractivity contribution in [3.05, 3.63) is 0 Å². The molecule has 2 amide bonds. The van der Waals surface area contributed by atoms with Crippen LogP contribution in [0.3, 0.4) is 0 Å². The van der Waals surface area contributed by atoms with Crippen LogP contribution in [0.2, 0.25) is 0 Å². The molecule has 0 radical (unpaired) electrons. The van der Waals surface area contributed by atoms with E-state index in [1.165, 1.54) is 180 Å². The summed E-state index contributed by atoms with van der Waals surface area (Å²) in [6.07, 6.45) is 41.8. The Hall–Kier alpha value is -1.14. The maximum Gasteiger partial charge on any atom is 0.217 e. The summed E-state index contributed by atoms with van der Waals surface area (Å²) in [6, 6.07) is 0. The predicted octanol–water partition coefficient (Wildman–Crippen LogP) is 10.3. The predicted molar refractivity (Wildman–Crippen MR) is 191 cm³/mol. The van der Waals surface area contributed by atoms with Gasteiger partial charge in [0.25, 0.3) is 0 Å². The topological polar surface area (TPSA) is 138 Å². The zero-order chi connectivity index (χ0) is 32.5. The fourth-order valence-electron chi connectivity index (χ4n) is 5.34. The van der Waals surface area contributed by atoms with Gasteiger partial charge in [-0.2, -0.15) is 0 Å². The Labute approximate surface area is 270 Å². The Kier molecular flexibility index (Phi) is 48.7. The van der Waals surface area contributed by atoms with Crippen molar-refractivity contribution in [2.24, 2.45) is 22.9 Å². The van der Waals surface area contributed by atoms with Gasteiger partial charge in [-0.15, -0.1) is 0 Å². The molecule has 0 saturated carbocycles. The zero-order valence-electron chi connectivity index (χ0n) is 29.5. The molecule has 0 heterocycles. The van der Waals surface area contributed by atoms with Gasteiger partial charge in [-0.05, 0) is 12.8 Å². The molecule has 0 aromatic rings. The maximum atomic E-state index is 10.6. The molecule has 8 N–H and O–H groups in total. The van der Waals surface area contributed by atoms with Gasteiger partial charge in [-0.25, -0.2) is 0 Å². The van der Waals surface area contributed by atoms with Gasteiger partial charge in [0, 0.05) is 19.5 Å². The van der Waals surface area contributed by atoms with Crippen molar-refractivity contribution in [1.82, 2.24) is 0 Å². The van der Waals surface area contributed by atoms with Gasteiger partial charge in [-0.3, -0.25) is 9.59 Å².